The van der Waals surface area contributed by atoms with Crippen LogP contribution < -0.4 is 0 Å². The number of carbonyl (C=O) groups is 1. The molecule has 0 fully saturated rings. The average Bonchev–Trinajstić information content (AvgIpc) is 2.66. The van der Waals surface area contributed by atoms with Crippen molar-refractivity contribution in [1.29, 1.82) is 0 Å². The molecule has 1 aromatic heterocycles. The van der Waals surface area contributed by atoms with Crippen molar-refractivity contribution in [3.8, 4) is 11.8 Å². The zero-order valence-electron chi connectivity index (χ0n) is 7.77. The monoisotopic (exact) mass is 204 g/mol. The van der Waals surface area contributed by atoms with Gasteiger partial charge in [-0.05, 0) is 11.6 Å². The number of carboxylic acid groups (broad SMARTS) is 1. The highest BCUT2D eigenvalue weighted by atomic mass is 16.4. The average molecular weight is 204 g/mol. The van der Waals surface area contributed by atoms with Gasteiger partial charge in [0.1, 0.15) is 5.69 Å². The predicted octanol–water partition coefficient (Wildman–Crippen LogP) is 1.76. The van der Waals surface area contributed by atoms with Crippen molar-refractivity contribution in [1.82, 2.24) is 4.98 Å². The van der Waals surface area contributed by atoms with E-state index >= 15 is 0 Å². The van der Waals surface area contributed by atoms with Crippen LogP contribution in [0.25, 0.3) is 10.4 Å². The third-order valence-electron chi connectivity index (χ3n) is 1.55. The fraction of sp³-hybridized carbons (Fsp3) is 0.222. The Morgan fingerprint density at radius 2 is 2.53 bits per heavy atom. The van der Waals surface area contributed by atoms with Gasteiger partial charge in [-0.1, -0.05) is 17.0 Å². The number of H-pyrrole nitrogens is 1. The van der Waals surface area contributed by atoms with E-state index in [0.29, 0.717) is 18.5 Å². The molecule has 15 heavy (non-hydrogen) atoms. The number of aromatic nitrogens is 1. The van der Waals surface area contributed by atoms with Gasteiger partial charge >= 0.3 is 5.97 Å². The van der Waals surface area contributed by atoms with Crippen molar-refractivity contribution in [2.24, 2.45) is 5.11 Å². The van der Waals surface area contributed by atoms with Gasteiger partial charge < -0.3 is 10.1 Å². The van der Waals surface area contributed by atoms with Gasteiger partial charge in [0.25, 0.3) is 0 Å². The number of aromatic amines is 1. The lowest BCUT2D eigenvalue weighted by Gasteiger charge is -1.81. The fourth-order valence-electron chi connectivity index (χ4n) is 0.905. The van der Waals surface area contributed by atoms with Gasteiger partial charge in [0.05, 0.1) is 0 Å². The summed E-state index contributed by atoms with van der Waals surface area (Å²) in [6, 6.07) is 1.45. The largest absolute Gasteiger partial charge is 0.477 e. The Morgan fingerprint density at radius 1 is 1.73 bits per heavy atom. The van der Waals surface area contributed by atoms with Crippen LogP contribution in [0.5, 0.6) is 0 Å². The summed E-state index contributed by atoms with van der Waals surface area (Å²) in [6.07, 6.45) is 1.97. The maximum absolute atomic E-state index is 10.5. The summed E-state index contributed by atoms with van der Waals surface area (Å²) in [5, 5.41) is 11.9. The second kappa shape index (κ2) is 5.37. The smallest absolute Gasteiger partial charge is 0.352 e. The topological polar surface area (TPSA) is 102 Å². The van der Waals surface area contributed by atoms with Crippen LogP contribution in [0.3, 0.4) is 0 Å². The van der Waals surface area contributed by atoms with E-state index in [1.54, 1.807) is 0 Å². The molecule has 0 saturated heterocycles. The van der Waals surface area contributed by atoms with Crippen LogP contribution >= 0.6 is 0 Å². The highest BCUT2D eigenvalue weighted by Crippen LogP contribution is 2.01. The van der Waals surface area contributed by atoms with E-state index in [1.165, 1.54) is 12.3 Å². The van der Waals surface area contributed by atoms with Gasteiger partial charge in [-0.2, -0.15) is 0 Å². The van der Waals surface area contributed by atoms with Gasteiger partial charge in [-0.25, -0.2) is 4.79 Å². The van der Waals surface area contributed by atoms with E-state index in [0.717, 1.165) is 0 Å². The molecular formula is C9H8N4O2. The fourth-order valence-corrected chi connectivity index (χ4v) is 0.905. The Labute approximate surface area is 85.6 Å². The second-order valence-corrected chi connectivity index (χ2v) is 2.61. The molecule has 6 nitrogen and oxygen atoms in total. The molecule has 0 saturated carbocycles. The zero-order valence-corrected chi connectivity index (χ0v) is 7.77. The first-order valence-corrected chi connectivity index (χ1v) is 4.15. The first kappa shape index (κ1) is 10.7. The molecule has 0 aliphatic carbocycles. The molecule has 2 N–H and O–H groups in total. The number of hydrogen-bond acceptors (Lipinski definition) is 2. The molecule has 0 aliphatic heterocycles. The number of hydrogen-bond donors (Lipinski definition) is 2. The highest BCUT2D eigenvalue weighted by molar-refractivity contribution is 5.86. The van der Waals surface area contributed by atoms with Gasteiger partial charge in [0, 0.05) is 29.6 Å². The number of nitrogens with zero attached hydrogens (tertiary/aromatic N) is 3. The summed E-state index contributed by atoms with van der Waals surface area (Å²) in [6.45, 7) is 0.319. The molecule has 0 atom stereocenters. The van der Waals surface area contributed by atoms with Gasteiger partial charge in [-0.3, -0.25) is 0 Å². The van der Waals surface area contributed by atoms with E-state index in [9.17, 15) is 4.79 Å². The summed E-state index contributed by atoms with van der Waals surface area (Å²) in [5.41, 5.74) is 8.70. The Morgan fingerprint density at radius 3 is 3.13 bits per heavy atom. The molecule has 0 amide bonds. The summed E-state index contributed by atoms with van der Waals surface area (Å²) in [7, 11) is 0. The van der Waals surface area contributed by atoms with Crippen molar-refractivity contribution < 1.29 is 9.90 Å². The standard InChI is InChI=1S/C9H8N4O2/c10-13-12-4-2-1-3-7-5-8(9(14)15)11-6-7/h5-6,11H,2,4H2,(H,14,15). The minimum atomic E-state index is -1.02. The molecule has 0 spiro atoms. The van der Waals surface area contributed by atoms with Crippen molar-refractivity contribution in [2.75, 3.05) is 6.54 Å². The van der Waals surface area contributed by atoms with Crippen molar-refractivity contribution in [3.05, 3.63) is 34.0 Å². The van der Waals surface area contributed by atoms with Gasteiger partial charge in [0.15, 0.2) is 0 Å². The molecule has 76 valence electrons. The molecule has 1 aromatic rings. The third kappa shape index (κ3) is 3.46. The van der Waals surface area contributed by atoms with Crippen LogP contribution in [-0.2, 0) is 0 Å². The first-order chi connectivity index (χ1) is 7.24. The molecule has 1 heterocycles. The molecule has 0 aliphatic rings. The summed E-state index contributed by atoms with van der Waals surface area (Å²) in [4.78, 5) is 15.6. The molecule has 0 aromatic carbocycles. The minimum Gasteiger partial charge on any atom is -0.477 e. The van der Waals surface area contributed by atoms with Crippen molar-refractivity contribution in [2.45, 2.75) is 6.42 Å². The maximum atomic E-state index is 10.5. The number of carboxylic acids is 1. The molecule has 1 rings (SSSR count). The first-order valence-electron chi connectivity index (χ1n) is 4.15. The van der Waals surface area contributed by atoms with E-state index in [-0.39, 0.29) is 5.69 Å². The lowest BCUT2D eigenvalue weighted by molar-refractivity contribution is 0.0691. The number of aromatic carboxylic acids is 1. The van der Waals surface area contributed by atoms with Crippen LogP contribution in [-0.4, -0.2) is 22.6 Å². The summed E-state index contributed by atoms with van der Waals surface area (Å²) in [5.74, 6) is 4.50. The quantitative estimate of drug-likeness (QED) is 0.257. The SMILES string of the molecule is [N-]=[N+]=NCCC#Cc1c[nH]c(C(=O)O)c1. The van der Waals surface area contributed by atoms with E-state index in [2.05, 4.69) is 26.9 Å². The molecule has 6 heteroatoms. The zero-order chi connectivity index (χ0) is 11.1. The molecular weight excluding hydrogens is 196 g/mol. The Hall–Kier alpha value is -2.38. The highest BCUT2D eigenvalue weighted by Gasteiger charge is 2.03. The lowest BCUT2D eigenvalue weighted by atomic mass is 10.3. The van der Waals surface area contributed by atoms with Gasteiger partial charge in [-0.15, -0.1) is 0 Å². The summed E-state index contributed by atoms with van der Waals surface area (Å²) < 4.78 is 0. The Bertz CT molecular complexity index is 460. The van der Waals surface area contributed by atoms with E-state index in [1.807, 2.05) is 0 Å². The predicted molar refractivity (Wildman–Crippen MR) is 53.3 cm³/mol. The number of azide groups is 1. The van der Waals surface area contributed by atoms with Crippen LogP contribution in [0.4, 0.5) is 0 Å². The molecule has 0 radical (unpaired) electrons. The molecule has 0 bridgehead atoms. The van der Waals surface area contributed by atoms with Crippen LogP contribution in [0.15, 0.2) is 17.4 Å². The molecule has 0 unspecified atom stereocenters. The van der Waals surface area contributed by atoms with E-state index in [4.69, 9.17) is 10.6 Å². The van der Waals surface area contributed by atoms with Crippen LogP contribution in [0.1, 0.15) is 22.5 Å². The minimum absolute atomic E-state index is 0.106. The third-order valence-corrected chi connectivity index (χ3v) is 1.55. The Balaban J connectivity index is 2.56. The lowest BCUT2D eigenvalue weighted by Crippen LogP contribution is -1.94. The van der Waals surface area contributed by atoms with E-state index < -0.39 is 5.97 Å². The van der Waals surface area contributed by atoms with Crippen LogP contribution in [0, 0.1) is 11.8 Å². The van der Waals surface area contributed by atoms with Crippen molar-refractivity contribution >= 4 is 5.97 Å². The number of nitrogens with one attached hydrogen (secondary N) is 1. The normalized spacial score (nSPS) is 8.53. The summed E-state index contributed by atoms with van der Waals surface area (Å²) >= 11 is 0. The van der Waals surface area contributed by atoms with Gasteiger partial charge in [0.2, 0.25) is 0 Å². The van der Waals surface area contributed by atoms with Crippen molar-refractivity contribution in [3.63, 3.8) is 0 Å². The Kier molecular flexibility index (Phi) is 3.83. The maximum Gasteiger partial charge on any atom is 0.352 e. The second-order valence-electron chi connectivity index (χ2n) is 2.61. The number of rotatable bonds is 3. The van der Waals surface area contributed by atoms with Crippen LogP contribution in [0.2, 0.25) is 0 Å².